The Morgan fingerprint density at radius 2 is 2.00 bits per heavy atom. The summed E-state index contributed by atoms with van der Waals surface area (Å²) < 4.78 is 0. The van der Waals surface area contributed by atoms with Crippen molar-refractivity contribution in [1.29, 1.82) is 0 Å². The first-order valence-corrected chi connectivity index (χ1v) is 7.63. The van der Waals surface area contributed by atoms with E-state index in [0.29, 0.717) is 21.6 Å². The molecule has 3 aromatic rings. The van der Waals surface area contributed by atoms with Crippen LogP contribution in [0.4, 0.5) is 0 Å². The SMILES string of the molecule is Cc1ccc(-c2cc(C(=O)O)c3ccc(Cl)c(Cl)c3n2)s1. The molecule has 0 unspecified atom stereocenters. The Bertz CT molecular complexity index is 873. The number of carboxylic acids is 1. The number of halogens is 2. The minimum absolute atomic E-state index is 0.166. The maximum absolute atomic E-state index is 11.5. The molecule has 21 heavy (non-hydrogen) atoms. The molecule has 106 valence electrons. The van der Waals surface area contributed by atoms with Gasteiger partial charge in [-0.15, -0.1) is 11.3 Å². The van der Waals surface area contributed by atoms with E-state index in [4.69, 9.17) is 23.2 Å². The highest BCUT2D eigenvalue weighted by Crippen LogP contribution is 2.35. The summed E-state index contributed by atoms with van der Waals surface area (Å²) in [5.41, 5.74) is 1.16. The highest BCUT2D eigenvalue weighted by atomic mass is 35.5. The average molecular weight is 338 g/mol. The minimum Gasteiger partial charge on any atom is -0.478 e. The summed E-state index contributed by atoms with van der Waals surface area (Å²) in [6, 6.07) is 8.66. The van der Waals surface area contributed by atoms with E-state index in [-0.39, 0.29) is 10.6 Å². The summed E-state index contributed by atoms with van der Waals surface area (Å²) in [5, 5.41) is 10.5. The number of aromatic nitrogens is 1. The van der Waals surface area contributed by atoms with E-state index in [1.807, 2.05) is 19.1 Å². The summed E-state index contributed by atoms with van der Waals surface area (Å²) >= 11 is 13.7. The van der Waals surface area contributed by atoms with Crippen LogP contribution in [0.15, 0.2) is 30.3 Å². The average Bonchev–Trinajstić information content (AvgIpc) is 2.88. The Balaban J connectivity index is 2.38. The quantitative estimate of drug-likeness (QED) is 0.692. The van der Waals surface area contributed by atoms with Gasteiger partial charge in [-0.05, 0) is 31.2 Å². The Morgan fingerprint density at radius 1 is 1.24 bits per heavy atom. The number of thiophene rings is 1. The Hall–Kier alpha value is -1.62. The summed E-state index contributed by atoms with van der Waals surface area (Å²) in [4.78, 5) is 18.0. The van der Waals surface area contributed by atoms with Crippen molar-refractivity contribution in [2.75, 3.05) is 0 Å². The zero-order valence-electron chi connectivity index (χ0n) is 10.9. The molecule has 0 aliphatic heterocycles. The van der Waals surface area contributed by atoms with Gasteiger partial charge in [-0.1, -0.05) is 29.3 Å². The highest BCUT2D eigenvalue weighted by molar-refractivity contribution is 7.15. The number of aryl methyl sites for hydroxylation is 1. The predicted molar refractivity (Wildman–Crippen MR) is 86.8 cm³/mol. The molecule has 3 nitrogen and oxygen atoms in total. The third-order valence-corrected chi connectivity index (χ3v) is 4.91. The highest BCUT2D eigenvalue weighted by Gasteiger charge is 2.16. The molecule has 1 aromatic carbocycles. The molecule has 0 bridgehead atoms. The molecule has 0 saturated carbocycles. The van der Waals surface area contributed by atoms with Crippen molar-refractivity contribution in [2.24, 2.45) is 0 Å². The van der Waals surface area contributed by atoms with Crippen LogP contribution in [0.3, 0.4) is 0 Å². The molecule has 3 rings (SSSR count). The van der Waals surface area contributed by atoms with Gasteiger partial charge in [-0.25, -0.2) is 9.78 Å². The number of pyridine rings is 1. The number of hydrogen-bond acceptors (Lipinski definition) is 3. The largest absolute Gasteiger partial charge is 0.478 e. The Morgan fingerprint density at radius 3 is 2.62 bits per heavy atom. The second-order valence-corrected chi connectivity index (χ2v) is 6.60. The van der Waals surface area contributed by atoms with E-state index >= 15 is 0 Å². The van der Waals surface area contributed by atoms with Crippen LogP contribution in [-0.4, -0.2) is 16.1 Å². The van der Waals surface area contributed by atoms with Crippen LogP contribution in [0.25, 0.3) is 21.5 Å². The molecule has 1 N–H and O–H groups in total. The number of nitrogens with zero attached hydrogens (tertiary/aromatic N) is 1. The van der Waals surface area contributed by atoms with Crippen molar-refractivity contribution < 1.29 is 9.90 Å². The lowest BCUT2D eigenvalue weighted by molar-refractivity contribution is 0.0699. The van der Waals surface area contributed by atoms with Crippen molar-refractivity contribution in [3.05, 3.63) is 50.8 Å². The number of benzene rings is 1. The van der Waals surface area contributed by atoms with Gasteiger partial charge in [0.15, 0.2) is 0 Å². The van der Waals surface area contributed by atoms with Crippen LogP contribution in [0.1, 0.15) is 15.2 Å². The van der Waals surface area contributed by atoms with Crippen molar-refractivity contribution in [3.63, 3.8) is 0 Å². The molecule has 2 aromatic heterocycles. The summed E-state index contributed by atoms with van der Waals surface area (Å²) in [5.74, 6) is -1.02. The minimum atomic E-state index is -1.02. The van der Waals surface area contributed by atoms with Crippen LogP contribution in [0, 0.1) is 6.92 Å². The standard InChI is InChI=1S/C15H9Cl2NO2S/c1-7-2-5-12(21-7)11-6-9(15(19)20)8-3-4-10(16)13(17)14(8)18-11/h2-6H,1H3,(H,19,20). The first kappa shape index (κ1) is 14.3. The zero-order valence-corrected chi connectivity index (χ0v) is 13.2. The molecular formula is C15H9Cl2NO2S. The lowest BCUT2D eigenvalue weighted by Crippen LogP contribution is -2.00. The summed E-state index contributed by atoms with van der Waals surface area (Å²) in [6.07, 6.45) is 0. The van der Waals surface area contributed by atoms with Gasteiger partial charge in [-0.2, -0.15) is 0 Å². The number of aromatic carboxylic acids is 1. The molecule has 2 heterocycles. The van der Waals surface area contributed by atoms with E-state index in [0.717, 1.165) is 9.75 Å². The smallest absolute Gasteiger partial charge is 0.336 e. The van der Waals surface area contributed by atoms with E-state index in [9.17, 15) is 9.90 Å². The Kier molecular flexibility index (Phi) is 3.61. The maximum Gasteiger partial charge on any atom is 0.336 e. The molecule has 0 atom stereocenters. The Labute approximate surface area is 134 Å². The van der Waals surface area contributed by atoms with Crippen molar-refractivity contribution in [1.82, 2.24) is 4.98 Å². The first-order valence-electron chi connectivity index (χ1n) is 6.06. The fourth-order valence-electron chi connectivity index (χ4n) is 2.11. The third kappa shape index (κ3) is 2.50. The molecular weight excluding hydrogens is 329 g/mol. The lowest BCUT2D eigenvalue weighted by Gasteiger charge is -2.08. The van der Waals surface area contributed by atoms with Gasteiger partial charge in [0.1, 0.15) is 0 Å². The van der Waals surface area contributed by atoms with Crippen molar-refractivity contribution in [2.45, 2.75) is 6.92 Å². The van der Waals surface area contributed by atoms with Gasteiger partial charge in [0.05, 0.1) is 31.7 Å². The van der Waals surface area contributed by atoms with Crippen LogP contribution in [0.2, 0.25) is 10.0 Å². The van der Waals surface area contributed by atoms with Gasteiger partial charge in [0.2, 0.25) is 0 Å². The fraction of sp³-hybridized carbons (Fsp3) is 0.0667. The van der Waals surface area contributed by atoms with Gasteiger partial charge < -0.3 is 5.11 Å². The second kappa shape index (κ2) is 5.30. The lowest BCUT2D eigenvalue weighted by atomic mass is 10.1. The molecule has 0 saturated heterocycles. The van der Waals surface area contributed by atoms with Gasteiger partial charge >= 0.3 is 5.97 Å². The zero-order chi connectivity index (χ0) is 15.1. The van der Waals surface area contributed by atoms with Gasteiger partial charge in [0.25, 0.3) is 0 Å². The molecule has 0 fully saturated rings. The molecule has 0 spiro atoms. The van der Waals surface area contributed by atoms with Crippen LogP contribution in [0.5, 0.6) is 0 Å². The summed E-state index contributed by atoms with van der Waals surface area (Å²) in [6.45, 7) is 1.98. The van der Waals surface area contributed by atoms with Crippen LogP contribution >= 0.6 is 34.5 Å². The second-order valence-electron chi connectivity index (χ2n) is 4.53. The van der Waals surface area contributed by atoms with E-state index in [2.05, 4.69) is 4.98 Å². The van der Waals surface area contributed by atoms with Crippen molar-refractivity contribution in [3.8, 4) is 10.6 Å². The van der Waals surface area contributed by atoms with Crippen molar-refractivity contribution >= 4 is 51.4 Å². The van der Waals surface area contributed by atoms with Crippen LogP contribution in [-0.2, 0) is 0 Å². The van der Waals surface area contributed by atoms with Gasteiger partial charge in [-0.3, -0.25) is 0 Å². The molecule has 0 aliphatic carbocycles. The predicted octanol–water partition coefficient (Wildman–Crippen LogP) is 5.28. The molecule has 0 amide bonds. The van der Waals surface area contributed by atoms with E-state index in [1.54, 1.807) is 29.5 Å². The topological polar surface area (TPSA) is 50.2 Å². The summed E-state index contributed by atoms with van der Waals surface area (Å²) in [7, 11) is 0. The third-order valence-electron chi connectivity index (χ3n) is 3.10. The van der Waals surface area contributed by atoms with E-state index in [1.165, 1.54) is 0 Å². The molecule has 0 radical (unpaired) electrons. The van der Waals surface area contributed by atoms with Crippen LogP contribution < -0.4 is 0 Å². The number of carboxylic acid groups (broad SMARTS) is 1. The number of fused-ring (bicyclic) bond motifs is 1. The molecule has 0 aliphatic rings. The van der Waals surface area contributed by atoms with Gasteiger partial charge in [0, 0.05) is 10.3 Å². The number of hydrogen-bond donors (Lipinski definition) is 1. The number of carbonyl (C=O) groups is 1. The maximum atomic E-state index is 11.5. The first-order chi connectivity index (χ1) is 9.97. The number of rotatable bonds is 2. The fourth-order valence-corrected chi connectivity index (χ4v) is 3.30. The van der Waals surface area contributed by atoms with E-state index < -0.39 is 5.97 Å². The molecule has 6 heteroatoms. The monoisotopic (exact) mass is 337 g/mol. The normalized spacial score (nSPS) is 11.0.